The number of hydrogen-bond donors (Lipinski definition) is 1. The van der Waals surface area contributed by atoms with Gasteiger partial charge in [-0.1, -0.05) is 48.5 Å². The highest BCUT2D eigenvalue weighted by molar-refractivity contribution is 6.11. The normalized spacial score (nSPS) is 17.4. The van der Waals surface area contributed by atoms with Gasteiger partial charge in [-0.05, 0) is 30.5 Å². The fourth-order valence-corrected chi connectivity index (χ4v) is 3.08. The number of rotatable bonds is 3. The molecule has 0 fully saturated rings. The van der Waals surface area contributed by atoms with Gasteiger partial charge in [-0.2, -0.15) is 0 Å². The smallest absolute Gasteiger partial charge is 0.224 e. The Labute approximate surface area is 136 Å². The zero-order valence-electron chi connectivity index (χ0n) is 13.3. The maximum Gasteiger partial charge on any atom is 0.224 e. The topological polar surface area (TPSA) is 46.2 Å². The highest BCUT2D eigenvalue weighted by atomic mass is 16.2. The van der Waals surface area contributed by atoms with E-state index in [1.54, 1.807) is 6.20 Å². The average Bonchev–Trinajstić information content (AvgIpc) is 2.55. The molecule has 0 saturated heterocycles. The van der Waals surface area contributed by atoms with E-state index in [4.69, 9.17) is 0 Å². The van der Waals surface area contributed by atoms with E-state index < -0.39 is 0 Å². The van der Waals surface area contributed by atoms with Crippen molar-refractivity contribution in [3.05, 3.63) is 82.6 Å². The molecule has 2 aromatic carbocycles. The molecule has 116 valence electrons. The Morgan fingerprint density at radius 3 is 2.35 bits per heavy atom. The molecular weight excluding hydrogens is 286 g/mol. The van der Waals surface area contributed by atoms with Crippen molar-refractivity contribution in [2.24, 2.45) is 0 Å². The van der Waals surface area contributed by atoms with Gasteiger partial charge in [0.25, 0.3) is 0 Å². The van der Waals surface area contributed by atoms with Gasteiger partial charge in [0.05, 0.1) is 0 Å². The molecule has 0 aliphatic carbocycles. The fraction of sp³-hybridized carbons (Fsp3) is 0.200. The number of carbonyl (C=O) groups excluding carboxylic acids is 2. The van der Waals surface area contributed by atoms with Crippen LogP contribution < -0.4 is 5.32 Å². The average molecular weight is 305 g/mol. The van der Waals surface area contributed by atoms with E-state index in [0.29, 0.717) is 17.6 Å². The minimum atomic E-state index is -0.197. The Balaban J connectivity index is 2.05. The summed E-state index contributed by atoms with van der Waals surface area (Å²) >= 11 is 0. The highest BCUT2D eigenvalue weighted by Gasteiger charge is 2.30. The van der Waals surface area contributed by atoms with Crippen molar-refractivity contribution < 1.29 is 9.59 Å². The standard InChI is InChI=1S/C20H19NO2/c1-13-7-3-5-9-15(13)17-11-19(22)21-12-18(17)20(23)16-10-6-4-8-14(16)2/h3-10,12,17H,11H2,1-2H3,(H,21,22). The lowest BCUT2D eigenvalue weighted by molar-refractivity contribution is -0.120. The molecule has 0 saturated carbocycles. The van der Waals surface area contributed by atoms with Crippen LogP contribution in [0.4, 0.5) is 0 Å². The van der Waals surface area contributed by atoms with E-state index >= 15 is 0 Å². The predicted octanol–water partition coefficient (Wildman–Crippen LogP) is 3.67. The molecule has 0 radical (unpaired) electrons. The van der Waals surface area contributed by atoms with Gasteiger partial charge in [0.1, 0.15) is 0 Å². The molecule has 3 nitrogen and oxygen atoms in total. The SMILES string of the molecule is Cc1ccccc1C(=O)C1=CNC(=O)CC1c1ccccc1C. The molecule has 1 atom stereocenters. The Morgan fingerprint density at radius 1 is 1.00 bits per heavy atom. The van der Waals surface area contributed by atoms with E-state index in [-0.39, 0.29) is 17.6 Å². The molecule has 2 aromatic rings. The number of hydrogen-bond acceptors (Lipinski definition) is 2. The molecule has 23 heavy (non-hydrogen) atoms. The lowest BCUT2D eigenvalue weighted by Crippen LogP contribution is -2.30. The molecule has 3 rings (SSSR count). The van der Waals surface area contributed by atoms with Crippen molar-refractivity contribution in [3.63, 3.8) is 0 Å². The zero-order chi connectivity index (χ0) is 16.4. The quantitative estimate of drug-likeness (QED) is 0.879. The molecule has 1 unspecified atom stereocenters. The fourth-order valence-electron chi connectivity index (χ4n) is 3.08. The summed E-state index contributed by atoms with van der Waals surface area (Å²) in [4.78, 5) is 24.9. The van der Waals surface area contributed by atoms with Gasteiger partial charge >= 0.3 is 0 Å². The second-order valence-corrected chi connectivity index (χ2v) is 5.92. The summed E-state index contributed by atoms with van der Waals surface area (Å²) in [7, 11) is 0. The van der Waals surface area contributed by atoms with Crippen molar-refractivity contribution in [1.29, 1.82) is 0 Å². The first-order valence-electron chi connectivity index (χ1n) is 7.73. The molecule has 1 N–H and O–H groups in total. The zero-order valence-corrected chi connectivity index (χ0v) is 13.3. The summed E-state index contributed by atoms with van der Waals surface area (Å²) < 4.78 is 0. The van der Waals surface area contributed by atoms with E-state index in [9.17, 15) is 9.59 Å². The molecule has 1 aliphatic rings. The minimum Gasteiger partial charge on any atom is -0.332 e. The summed E-state index contributed by atoms with van der Waals surface area (Å²) in [5, 5.41) is 2.70. The van der Waals surface area contributed by atoms with Gasteiger partial charge in [-0.3, -0.25) is 9.59 Å². The van der Waals surface area contributed by atoms with Crippen LogP contribution in [0.2, 0.25) is 0 Å². The summed E-state index contributed by atoms with van der Waals surface area (Å²) in [6, 6.07) is 15.5. The van der Waals surface area contributed by atoms with Crippen LogP contribution >= 0.6 is 0 Å². The van der Waals surface area contributed by atoms with Crippen LogP contribution in [0.1, 0.15) is 39.4 Å². The number of nitrogens with one attached hydrogen (secondary N) is 1. The van der Waals surface area contributed by atoms with Gasteiger partial charge in [-0.25, -0.2) is 0 Å². The first-order valence-corrected chi connectivity index (χ1v) is 7.73. The van der Waals surface area contributed by atoms with Crippen LogP contribution in [-0.4, -0.2) is 11.7 Å². The van der Waals surface area contributed by atoms with Gasteiger partial charge in [0, 0.05) is 29.7 Å². The molecule has 1 heterocycles. The molecule has 0 spiro atoms. The van der Waals surface area contributed by atoms with Crippen molar-refractivity contribution in [2.75, 3.05) is 0 Å². The van der Waals surface area contributed by atoms with Crippen LogP contribution in [0, 0.1) is 13.8 Å². The van der Waals surface area contributed by atoms with Gasteiger partial charge in [0.15, 0.2) is 5.78 Å². The molecule has 1 aliphatic heterocycles. The van der Waals surface area contributed by atoms with E-state index in [1.165, 1.54) is 0 Å². The largest absolute Gasteiger partial charge is 0.332 e. The lowest BCUT2D eigenvalue weighted by Gasteiger charge is -2.25. The summed E-state index contributed by atoms with van der Waals surface area (Å²) in [6.45, 7) is 3.94. The highest BCUT2D eigenvalue weighted by Crippen LogP contribution is 2.34. The molecule has 3 heteroatoms. The van der Waals surface area contributed by atoms with Crippen molar-refractivity contribution in [1.82, 2.24) is 5.32 Å². The summed E-state index contributed by atoms with van der Waals surface area (Å²) in [6.07, 6.45) is 1.88. The summed E-state index contributed by atoms with van der Waals surface area (Å²) in [5.74, 6) is -0.270. The predicted molar refractivity (Wildman–Crippen MR) is 90.3 cm³/mol. The van der Waals surface area contributed by atoms with Crippen LogP contribution in [0.5, 0.6) is 0 Å². The number of allylic oxidation sites excluding steroid dienone is 1. The number of aryl methyl sites for hydroxylation is 2. The minimum absolute atomic E-state index is 0.0173. The van der Waals surface area contributed by atoms with Gasteiger partial charge < -0.3 is 5.32 Å². The van der Waals surface area contributed by atoms with E-state index in [2.05, 4.69) is 5.32 Å². The lowest BCUT2D eigenvalue weighted by atomic mass is 9.80. The third kappa shape index (κ3) is 2.95. The Kier molecular flexibility index (Phi) is 4.11. The molecule has 1 amide bonds. The number of ketones is 1. The van der Waals surface area contributed by atoms with Crippen LogP contribution in [0.25, 0.3) is 0 Å². The Hall–Kier alpha value is -2.68. The van der Waals surface area contributed by atoms with Crippen molar-refractivity contribution >= 4 is 11.7 Å². The Bertz CT molecular complexity index is 805. The van der Waals surface area contributed by atoms with Gasteiger partial charge in [0.2, 0.25) is 5.91 Å². The van der Waals surface area contributed by atoms with E-state index in [1.807, 2.05) is 62.4 Å². The summed E-state index contributed by atoms with van der Waals surface area (Å²) in [5.41, 5.74) is 4.41. The number of carbonyl (C=O) groups is 2. The Morgan fingerprint density at radius 2 is 1.65 bits per heavy atom. The third-order valence-electron chi connectivity index (χ3n) is 4.37. The van der Waals surface area contributed by atoms with Gasteiger partial charge in [-0.15, -0.1) is 0 Å². The molecule has 0 aromatic heterocycles. The number of Topliss-reactive ketones (excluding diaryl/α,β-unsaturated/α-hetero) is 1. The van der Waals surface area contributed by atoms with Crippen LogP contribution in [-0.2, 0) is 4.79 Å². The number of amides is 1. The maximum absolute atomic E-state index is 13.0. The third-order valence-corrected chi connectivity index (χ3v) is 4.37. The second-order valence-electron chi connectivity index (χ2n) is 5.92. The van der Waals surface area contributed by atoms with Crippen molar-refractivity contribution in [3.8, 4) is 0 Å². The van der Waals surface area contributed by atoms with Crippen LogP contribution in [0.15, 0.2) is 60.3 Å². The molecular formula is C20H19NO2. The molecule has 0 bridgehead atoms. The monoisotopic (exact) mass is 305 g/mol. The first-order chi connectivity index (χ1) is 11.1. The first kappa shape index (κ1) is 15.2. The van der Waals surface area contributed by atoms with Crippen molar-refractivity contribution in [2.45, 2.75) is 26.2 Å². The van der Waals surface area contributed by atoms with Crippen LogP contribution in [0.3, 0.4) is 0 Å². The second kappa shape index (κ2) is 6.21. The maximum atomic E-state index is 13.0. The van der Waals surface area contributed by atoms with E-state index in [0.717, 1.165) is 16.7 Å². The number of benzene rings is 2.